The van der Waals surface area contributed by atoms with Crippen LogP contribution in [0.5, 0.6) is 0 Å². The number of carbonyl (C=O) groups excluding carboxylic acids is 1. The Morgan fingerprint density at radius 2 is 2.06 bits per heavy atom. The molecule has 0 saturated heterocycles. The Morgan fingerprint density at radius 1 is 1.18 bits per heavy atom. The maximum atomic E-state index is 13.1. The van der Waals surface area contributed by atoms with E-state index in [9.17, 15) is 4.79 Å². The lowest BCUT2D eigenvalue weighted by molar-refractivity contribution is 0.102. The van der Waals surface area contributed by atoms with Crippen LogP contribution in [0.1, 0.15) is 66.1 Å². The van der Waals surface area contributed by atoms with Crippen LogP contribution in [0.4, 0.5) is 5.82 Å². The quantitative estimate of drug-likeness (QED) is 0.475. The van der Waals surface area contributed by atoms with Crippen LogP contribution >= 0.6 is 0 Å². The van der Waals surface area contributed by atoms with Crippen molar-refractivity contribution in [1.29, 1.82) is 0 Å². The van der Waals surface area contributed by atoms with Crippen molar-refractivity contribution in [2.75, 3.05) is 5.32 Å². The van der Waals surface area contributed by atoms with Crippen LogP contribution in [-0.4, -0.2) is 40.2 Å². The van der Waals surface area contributed by atoms with Crippen LogP contribution in [0, 0.1) is 0 Å². The molecule has 0 radical (unpaired) electrons. The number of aromatic nitrogens is 7. The van der Waals surface area contributed by atoms with Crippen molar-refractivity contribution in [3.05, 3.63) is 65.8 Å². The zero-order valence-electron chi connectivity index (χ0n) is 19.1. The molecule has 0 bridgehead atoms. The molecule has 4 aromatic rings. The Balaban J connectivity index is 1.29. The lowest BCUT2D eigenvalue weighted by Crippen LogP contribution is -2.16. The van der Waals surface area contributed by atoms with Crippen molar-refractivity contribution < 1.29 is 4.79 Å². The normalized spacial score (nSPS) is 15.0. The number of imidazole rings is 1. The van der Waals surface area contributed by atoms with Gasteiger partial charge in [-0.25, -0.2) is 9.97 Å². The zero-order chi connectivity index (χ0) is 23.2. The highest BCUT2D eigenvalue weighted by Gasteiger charge is 2.31. The minimum atomic E-state index is -0.320. The number of pyridine rings is 2. The zero-order valence-corrected chi connectivity index (χ0v) is 19.1. The average molecular weight is 456 g/mol. The Hall–Kier alpha value is -3.92. The van der Waals surface area contributed by atoms with E-state index in [1.54, 1.807) is 18.6 Å². The van der Waals surface area contributed by atoms with Gasteiger partial charge < -0.3 is 19.8 Å². The van der Waals surface area contributed by atoms with Gasteiger partial charge in [-0.1, -0.05) is 6.07 Å². The molecular formula is C24H25N9O. The molecule has 10 nitrogen and oxygen atoms in total. The van der Waals surface area contributed by atoms with E-state index in [1.165, 1.54) is 24.2 Å². The second-order valence-corrected chi connectivity index (χ2v) is 9.04. The summed E-state index contributed by atoms with van der Waals surface area (Å²) in [5.74, 6) is 1.32. The van der Waals surface area contributed by atoms with Gasteiger partial charge in [-0.05, 0) is 44.9 Å². The van der Waals surface area contributed by atoms with Gasteiger partial charge in [0.2, 0.25) is 0 Å². The summed E-state index contributed by atoms with van der Waals surface area (Å²) in [7, 11) is 0. The summed E-state index contributed by atoms with van der Waals surface area (Å²) in [6, 6.07) is 7.46. The van der Waals surface area contributed by atoms with Gasteiger partial charge >= 0.3 is 0 Å². The van der Waals surface area contributed by atoms with E-state index in [-0.39, 0.29) is 11.9 Å². The van der Waals surface area contributed by atoms with Gasteiger partial charge in [0.1, 0.15) is 23.5 Å². The Kier molecular flexibility index (Phi) is 4.95. The summed E-state index contributed by atoms with van der Waals surface area (Å²) in [5.41, 5.74) is 5.27. The first-order chi connectivity index (χ1) is 16.6. The number of nitrogens with zero attached hydrogens (tertiary/aromatic N) is 7. The molecule has 4 aromatic heterocycles. The minimum Gasteiger partial charge on any atom is -0.310 e. The van der Waals surface area contributed by atoms with Crippen LogP contribution in [0.15, 0.2) is 43.1 Å². The minimum absolute atomic E-state index is 0.191. The van der Waals surface area contributed by atoms with Crippen molar-refractivity contribution in [3.8, 4) is 17.2 Å². The molecule has 0 unspecified atom stereocenters. The number of carbonyl (C=O) groups is 1. The molecule has 10 heteroatoms. The lowest BCUT2D eigenvalue weighted by atomic mass is 10.2. The predicted molar refractivity (Wildman–Crippen MR) is 125 cm³/mol. The third kappa shape index (κ3) is 3.65. The number of hydrogen-bond donors (Lipinski definition) is 2. The molecule has 6 rings (SSSR count). The molecule has 2 N–H and O–H groups in total. The van der Waals surface area contributed by atoms with Crippen LogP contribution in [-0.2, 0) is 13.1 Å². The smallest absolute Gasteiger partial charge is 0.275 e. The molecule has 2 aliphatic rings. The van der Waals surface area contributed by atoms with Gasteiger partial charge in [0.25, 0.3) is 5.91 Å². The molecule has 0 atom stereocenters. The maximum absolute atomic E-state index is 13.1. The number of rotatable bonds is 5. The first-order valence-electron chi connectivity index (χ1n) is 11.5. The third-order valence-electron chi connectivity index (χ3n) is 6.27. The van der Waals surface area contributed by atoms with Crippen molar-refractivity contribution in [3.63, 3.8) is 0 Å². The first-order valence-corrected chi connectivity index (χ1v) is 11.5. The highest BCUT2D eigenvalue weighted by atomic mass is 16.1. The van der Waals surface area contributed by atoms with Crippen molar-refractivity contribution in [1.82, 2.24) is 39.6 Å². The Morgan fingerprint density at radius 3 is 2.88 bits per heavy atom. The molecule has 1 amide bonds. The second kappa shape index (κ2) is 8.14. The molecule has 1 aliphatic carbocycles. The standard InChI is InChI=1S/C24H25N9O/c1-14(2)32-13-28-31-23(32)17-4-3-5-21(29-17)30-24(34)18-8-19-16(10-26-18)9-25-11-20-22(15-6-7-15)27-12-33(19)20/h3-5,8,10,12-15,25H,6-7,9,11H2,1-2H3,(H,29,30,34). The SMILES string of the molecule is CC(C)n1cnnc1-c1cccc(NC(=O)c2cc3c(cn2)CNCc2c(C4CC4)ncn2-3)n1. The molecule has 5 heterocycles. The van der Waals surface area contributed by atoms with Gasteiger partial charge in [-0.15, -0.1) is 10.2 Å². The van der Waals surface area contributed by atoms with E-state index in [1.807, 2.05) is 29.1 Å². The summed E-state index contributed by atoms with van der Waals surface area (Å²) in [6.07, 6.45) is 7.70. The fraction of sp³-hybridized carbons (Fsp3) is 0.333. The van der Waals surface area contributed by atoms with E-state index in [4.69, 9.17) is 0 Å². The van der Waals surface area contributed by atoms with Crippen molar-refractivity contribution >= 4 is 11.7 Å². The molecule has 1 aliphatic heterocycles. The van der Waals surface area contributed by atoms with Crippen LogP contribution in [0.2, 0.25) is 0 Å². The van der Waals surface area contributed by atoms with E-state index in [0.717, 1.165) is 17.8 Å². The largest absolute Gasteiger partial charge is 0.310 e. The Bertz CT molecular complexity index is 1380. The van der Waals surface area contributed by atoms with Crippen LogP contribution < -0.4 is 10.6 Å². The van der Waals surface area contributed by atoms with Gasteiger partial charge in [0.05, 0.1) is 23.4 Å². The molecule has 34 heavy (non-hydrogen) atoms. The molecular weight excluding hydrogens is 430 g/mol. The number of fused-ring (bicyclic) bond motifs is 3. The Labute approximate surface area is 196 Å². The number of amides is 1. The highest BCUT2D eigenvalue weighted by molar-refractivity contribution is 6.02. The molecule has 1 saturated carbocycles. The fourth-order valence-electron chi connectivity index (χ4n) is 4.36. The summed E-state index contributed by atoms with van der Waals surface area (Å²) in [6.45, 7) is 5.55. The second-order valence-electron chi connectivity index (χ2n) is 9.04. The van der Waals surface area contributed by atoms with Crippen LogP contribution in [0.3, 0.4) is 0 Å². The fourth-order valence-corrected chi connectivity index (χ4v) is 4.36. The summed E-state index contributed by atoms with van der Waals surface area (Å²) in [4.78, 5) is 26.8. The molecule has 0 spiro atoms. The van der Waals surface area contributed by atoms with E-state index in [0.29, 0.717) is 35.5 Å². The molecule has 0 aromatic carbocycles. The van der Waals surface area contributed by atoms with Gasteiger partial charge in [0.15, 0.2) is 5.82 Å². The number of hydrogen-bond acceptors (Lipinski definition) is 7. The van der Waals surface area contributed by atoms with Gasteiger partial charge in [0, 0.05) is 36.8 Å². The molecule has 1 fully saturated rings. The summed E-state index contributed by atoms with van der Waals surface area (Å²) < 4.78 is 4.04. The average Bonchev–Trinajstić information content (AvgIpc) is 3.45. The van der Waals surface area contributed by atoms with Crippen molar-refractivity contribution in [2.24, 2.45) is 0 Å². The van der Waals surface area contributed by atoms with E-state index >= 15 is 0 Å². The maximum Gasteiger partial charge on any atom is 0.275 e. The number of nitrogens with one attached hydrogen (secondary N) is 2. The van der Waals surface area contributed by atoms with Crippen molar-refractivity contribution in [2.45, 2.75) is 51.7 Å². The monoisotopic (exact) mass is 455 g/mol. The third-order valence-corrected chi connectivity index (χ3v) is 6.27. The van der Waals surface area contributed by atoms with Gasteiger partial charge in [-0.2, -0.15) is 0 Å². The topological polar surface area (TPSA) is 115 Å². The summed E-state index contributed by atoms with van der Waals surface area (Å²) in [5, 5.41) is 14.5. The first kappa shape index (κ1) is 20.7. The highest BCUT2D eigenvalue weighted by Crippen LogP contribution is 2.41. The van der Waals surface area contributed by atoms with E-state index in [2.05, 4.69) is 54.2 Å². The lowest BCUT2D eigenvalue weighted by Gasteiger charge is -2.12. The van der Waals surface area contributed by atoms with E-state index < -0.39 is 0 Å². The number of anilines is 1. The predicted octanol–water partition coefficient (Wildman–Crippen LogP) is 3.23. The van der Waals surface area contributed by atoms with Gasteiger partial charge in [-0.3, -0.25) is 9.78 Å². The van der Waals surface area contributed by atoms with Crippen LogP contribution in [0.25, 0.3) is 17.2 Å². The molecule has 172 valence electrons. The summed E-state index contributed by atoms with van der Waals surface area (Å²) >= 11 is 0.